The van der Waals surface area contributed by atoms with Crippen molar-refractivity contribution in [1.29, 1.82) is 0 Å². The summed E-state index contributed by atoms with van der Waals surface area (Å²) in [5.41, 5.74) is 2.19. The zero-order valence-corrected chi connectivity index (χ0v) is 17.6. The third-order valence-corrected chi connectivity index (χ3v) is 7.43. The van der Waals surface area contributed by atoms with Crippen LogP contribution in [0, 0.1) is 0 Å². The molecule has 0 bridgehead atoms. The second-order valence-corrected chi connectivity index (χ2v) is 10.1. The first kappa shape index (κ1) is 20.6. The van der Waals surface area contributed by atoms with E-state index in [1.54, 1.807) is 24.3 Å². The number of carbonyl (C=O) groups excluding carboxylic acids is 2. The average Bonchev–Trinajstić information content (AvgIpc) is 3.53. The van der Waals surface area contributed by atoms with Crippen LogP contribution >= 0.6 is 0 Å². The van der Waals surface area contributed by atoms with Gasteiger partial charge in [0.05, 0.1) is 0 Å². The molecule has 1 saturated heterocycles. The molecule has 7 heteroatoms. The van der Waals surface area contributed by atoms with E-state index >= 15 is 0 Å². The van der Waals surface area contributed by atoms with Gasteiger partial charge in [0.25, 0.3) is 5.91 Å². The van der Waals surface area contributed by atoms with Gasteiger partial charge in [-0.1, -0.05) is 42.5 Å². The van der Waals surface area contributed by atoms with E-state index in [0.29, 0.717) is 17.7 Å². The number of unbranched alkanes of at least 4 members (excludes halogenated alkanes) is 1. The van der Waals surface area contributed by atoms with E-state index in [0.717, 1.165) is 32.1 Å². The number of hydrogen-bond donors (Lipinski definition) is 1. The van der Waals surface area contributed by atoms with Crippen molar-refractivity contribution >= 4 is 21.7 Å². The van der Waals surface area contributed by atoms with Crippen LogP contribution in [0.1, 0.15) is 52.5 Å². The number of hydrogen-bond acceptors (Lipinski definition) is 4. The molecule has 2 aromatic carbocycles. The molecule has 0 radical (unpaired) electrons. The summed E-state index contributed by atoms with van der Waals surface area (Å²) in [5, 5.41) is 1.93. The quantitative estimate of drug-likeness (QED) is 0.658. The van der Waals surface area contributed by atoms with Gasteiger partial charge in [0.15, 0.2) is 15.2 Å². The van der Waals surface area contributed by atoms with Gasteiger partial charge in [0, 0.05) is 18.2 Å². The minimum atomic E-state index is -3.59. The topological polar surface area (TPSA) is 83.6 Å². The van der Waals surface area contributed by atoms with Gasteiger partial charge in [-0.25, -0.2) is 8.42 Å². The van der Waals surface area contributed by atoms with Crippen LogP contribution in [0.25, 0.3) is 0 Å². The summed E-state index contributed by atoms with van der Waals surface area (Å²) in [4.78, 5) is 26.3. The molecule has 1 saturated carbocycles. The van der Waals surface area contributed by atoms with Crippen LogP contribution in [-0.4, -0.2) is 43.5 Å². The van der Waals surface area contributed by atoms with Crippen LogP contribution in [0.15, 0.2) is 54.6 Å². The van der Waals surface area contributed by atoms with Crippen LogP contribution in [-0.2, 0) is 21.1 Å². The van der Waals surface area contributed by atoms with Crippen molar-refractivity contribution in [2.24, 2.45) is 0 Å². The minimum Gasteiger partial charge on any atom is -0.352 e. The van der Waals surface area contributed by atoms with Gasteiger partial charge in [0.1, 0.15) is 5.75 Å². The molecular weight excluding hydrogens is 400 g/mol. The lowest BCUT2D eigenvalue weighted by Crippen LogP contribution is -2.31. The smallest absolute Gasteiger partial charge is 0.251 e. The highest BCUT2D eigenvalue weighted by atomic mass is 32.2. The average molecular weight is 427 g/mol. The molecule has 1 atom stereocenters. The predicted molar refractivity (Wildman–Crippen MR) is 115 cm³/mol. The number of sulfone groups is 1. The standard InChI is InChI=1S/C23H26N2O4S/c26-21-16-30(28,29)23(25(21)20-12-13-20)19-11-6-10-18(15-19)22(27)24-14-5-4-9-17-7-2-1-3-8-17/h1-3,6-8,10-11,15,20,23H,4-5,9,12-14,16H2,(H,24,27). The Bertz CT molecular complexity index is 1030. The third-order valence-electron chi connectivity index (χ3n) is 5.60. The van der Waals surface area contributed by atoms with Crippen LogP contribution in [0.4, 0.5) is 0 Å². The summed E-state index contributed by atoms with van der Waals surface area (Å²) in [6.07, 6.45) is 4.48. The molecule has 1 unspecified atom stereocenters. The Kier molecular flexibility index (Phi) is 5.90. The van der Waals surface area contributed by atoms with Crippen LogP contribution in [0.5, 0.6) is 0 Å². The number of carbonyl (C=O) groups is 2. The Balaban J connectivity index is 1.37. The van der Waals surface area contributed by atoms with Gasteiger partial charge in [-0.05, 0) is 55.4 Å². The maximum Gasteiger partial charge on any atom is 0.251 e. The van der Waals surface area contributed by atoms with Crippen LogP contribution in [0.3, 0.4) is 0 Å². The fraction of sp³-hybridized carbons (Fsp3) is 0.391. The number of nitrogens with one attached hydrogen (secondary N) is 1. The molecular formula is C23H26N2O4S. The molecule has 1 aliphatic heterocycles. The van der Waals surface area contributed by atoms with Crippen molar-refractivity contribution in [3.8, 4) is 0 Å². The fourth-order valence-corrected chi connectivity index (χ4v) is 5.83. The Morgan fingerprint density at radius 2 is 1.80 bits per heavy atom. The van der Waals surface area contributed by atoms with Crippen molar-refractivity contribution in [2.45, 2.75) is 43.5 Å². The van der Waals surface area contributed by atoms with Gasteiger partial charge in [-0.3, -0.25) is 9.59 Å². The molecule has 0 aromatic heterocycles. The molecule has 1 N–H and O–H groups in total. The van der Waals surface area contributed by atoms with Gasteiger partial charge in [0.2, 0.25) is 5.91 Å². The van der Waals surface area contributed by atoms with E-state index in [9.17, 15) is 18.0 Å². The van der Waals surface area contributed by atoms with Gasteiger partial charge < -0.3 is 10.2 Å². The molecule has 158 valence electrons. The molecule has 4 rings (SSSR count). The van der Waals surface area contributed by atoms with Crippen molar-refractivity contribution < 1.29 is 18.0 Å². The summed E-state index contributed by atoms with van der Waals surface area (Å²) in [7, 11) is -3.59. The molecule has 0 spiro atoms. The van der Waals surface area contributed by atoms with E-state index in [4.69, 9.17) is 0 Å². The molecule has 2 amide bonds. The highest BCUT2D eigenvalue weighted by Gasteiger charge is 2.50. The van der Waals surface area contributed by atoms with Gasteiger partial charge in [-0.15, -0.1) is 0 Å². The predicted octanol–water partition coefficient (Wildman–Crippen LogP) is 2.86. The number of nitrogens with zero attached hydrogens (tertiary/aromatic N) is 1. The van der Waals surface area contributed by atoms with E-state index in [1.165, 1.54) is 10.5 Å². The van der Waals surface area contributed by atoms with E-state index in [-0.39, 0.29) is 17.9 Å². The largest absolute Gasteiger partial charge is 0.352 e. The van der Waals surface area contributed by atoms with Gasteiger partial charge >= 0.3 is 0 Å². The monoisotopic (exact) mass is 426 g/mol. The Labute approximate surface area is 177 Å². The second kappa shape index (κ2) is 8.60. The SMILES string of the molecule is O=C(NCCCCc1ccccc1)c1cccc(C2N(C3CC3)C(=O)CS2(=O)=O)c1. The number of rotatable bonds is 8. The molecule has 2 aliphatic rings. The summed E-state index contributed by atoms with van der Waals surface area (Å²) in [6.45, 7) is 0.560. The van der Waals surface area contributed by atoms with Gasteiger partial charge in [-0.2, -0.15) is 0 Å². The lowest BCUT2D eigenvalue weighted by Gasteiger charge is -2.23. The minimum absolute atomic E-state index is 0.00173. The molecule has 2 aromatic rings. The maximum absolute atomic E-state index is 12.6. The van der Waals surface area contributed by atoms with Crippen LogP contribution < -0.4 is 5.32 Å². The lowest BCUT2D eigenvalue weighted by molar-refractivity contribution is -0.128. The summed E-state index contributed by atoms with van der Waals surface area (Å²) in [5.74, 6) is -1.02. The van der Waals surface area contributed by atoms with Crippen molar-refractivity contribution in [3.05, 3.63) is 71.3 Å². The Morgan fingerprint density at radius 3 is 2.53 bits per heavy atom. The zero-order chi connectivity index (χ0) is 21.1. The molecule has 30 heavy (non-hydrogen) atoms. The highest BCUT2D eigenvalue weighted by Crippen LogP contribution is 2.41. The van der Waals surface area contributed by atoms with Crippen LogP contribution in [0.2, 0.25) is 0 Å². The molecule has 1 heterocycles. The summed E-state index contributed by atoms with van der Waals surface area (Å²) >= 11 is 0. The highest BCUT2D eigenvalue weighted by molar-refractivity contribution is 7.92. The number of amides is 2. The first-order chi connectivity index (χ1) is 14.5. The molecule has 1 aliphatic carbocycles. The Morgan fingerprint density at radius 1 is 1.03 bits per heavy atom. The summed E-state index contributed by atoms with van der Waals surface area (Å²) < 4.78 is 25.2. The first-order valence-electron chi connectivity index (χ1n) is 10.4. The maximum atomic E-state index is 12.6. The lowest BCUT2D eigenvalue weighted by atomic mass is 10.1. The fourth-order valence-electron chi connectivity index (χ4n) is 3.98. The Hall–Kier alpha value is -2.67. The number of benzene rings is 2. The normalized spacial score (nSPS) is 20.3. The number of aryl methyl sites for hydroxylation is 1. The zero-order valence-electron chi connectivity index (χ0n) is 16.8. The first-order valence-corrected chi connectivity index (χ1v) is 12.1. The van der Waals surface area contributed by atoms with Crippen molar-refractivity contribution in [1.82, 2.24) is 10.2 Å². The van der Waals surface area contributed by atoms with E-state index in [1.807, 2.05) is 18.2 Å². The van der Waals surface area contributed by atoms with Crippen molar-refractivity contribution in [2.75, 3.05) is 12.3 Å². The molecule has 6 nitrogen and oxygen atoms in total. The second-order valence-electron chi connectivity index (χ2n) is 8.02. The van der Waals surface area contributed by atoms with E-state index < -0.39 is 21.0 Å². The molecule has 2 fully saturated rings. The van der Waals surface area contributed by atoms with E-state index in [2.05, 4.69) is 17.4 Å². The van der Waals surface area contributed by atoms with Crippen molar-refractivity contribution in [3.63, 3.8) is 0 Å². The third kappa shape index (κ3) is 4.56. The summed E-state index contributed by atoms with van der Waals surface area (Å²) in [6, 6.07) is 16.9.